The van der Waals surface area contributed by atoms with Crippen molar-refractivity contribution in [1.29, 1.82) is 0 Å². The lowest BCUT2D eigenvalue weighted by atomic mass is 9.92. The quantitative estimate of drug-likeness (QED) is 0.707. The van der Waals surface area contributed by atoms with E-state index in [4.69, 9.17) is 0 Å². The molecule has 160 valence electrons. The first-order valence-electron chi connectivity index (χ1n) is 10.1. The number of benzene rings is 2. The Hall–Kier alpha value is -2.71. The highest BCUT2D eigenvalue weighted by Crippen LogP contribution is 2.36. The first kappa shape index (κ1) is 22.0. The van der Waals surface area contributed by atoms with Crippen LogP contribution in [0.2, 0.25) is 0 Å². The van der Waals surface area contributed by atoms with Crippen LogP contribution in [0.4, 0.5) is 5.69 Å². The monoisotopic (exact) mass is 429 g/mol. The zero-order valence-electron chi connectivity index (χ0n) is 17.2. The molecule has 1 aliphatic rings. The topological polar surface area (TPSA) is 95.6 Å². The highest BCUT2D eigenvalue weighted by molar-refractivity contribution is 7.89. The van der Waals surface area contributed by atoms with Crippen molar-refractivity contribution in [2.75, 3.05) is 18.4 Å². The van der Waals surface area contributed by atoms with Crippen molar-refractivity contribution in [1.82, 2.24) is 9.62 Å². The number of rotatable bonds is 7. The molecule has 3 rings (SSSR count). The molecule has 0 bridgehead atoms. The molecule has 0 spiro atoms. The molecule has 0 saturated heterocycles. The van der Waals surface area contributed by atoms with E-state index in [1.54, 1.807) is 12.1 Å². The van der Waals surface area contributed by atoms with Gasteiger partial charge in [0.15, 0.2) is 0 Å². The van der Waals surface area contributed by atoms with Crippen LogP contribution in [0.15, 0.2) is 53.4 Å². The summed E-state index contributed by atoms with van der Waals surface area (Å²) in [7, 11) is -3.82. The van der Waals surface area contributed by atoms with Crippen LogP contribution in [0.3, 0.4) is 0 Å². The van der Waals surface area contributed by atoms with E-state index in [9.17, 15) is 18.0 Å². The first-order chi connectivity index (χ1) is 14.3. The van der Waals surface area contributed by atoms with Crippen LogP contribution in [0, 0.1) is 0 Å². The molecule has 8 heteroatoms. The molecule has 2 aromatic rings. The third-order valence-corrected chi connectivity index (χ3v) is 7.02. The SMILES string of the molecule is CCCNC(=O)C[C@H]1c2ccccc2CCN1S(=O)(=O)c1ccc(NC(C)=O)cc1. The lowest BCUT2D eigenvalue weighted by Crippen LogP contribution is -2.42. The number of fused-ring (bicyclic) bond motifs is 1. The van der Waals surface area contributed by atoms with Gasteiger partial charge in [-0.1, -0.05) is 31.2 Å². The van der Waals surface area contributed by atoms with E-state index in [0.717, 1.165) is 17.5 Å². The third kappa shape index (κ3) is 4.88. The molecule has 30 heavy (non-hydrogen) atoms. The van der Waals surface area contributed by atoms with Crippen LogP contribution in [0.1, 0.15) is 43.9 Å². The molecule has 0 unspecified atom stereocenters. The minimum absolute atomic E-state index is 0.0697. The third-order valence-electron chi connectivity index (χ3n) is 5.10. The van der Waals surface area contributed by atoms with Gasteiger partial charge in [-0.3, -0.25) is 9.59 Å². The molecule has 2 aromatic carbocycles. The van der Waals surface area contributed by atoms with Gasteiger partial charge in [-0.2, -0.15) is 4.31 Å². The lowest BCUT2D eigenvalue weighted by molar-refractivity contribution is -0.122. The number of carbonyl (C=O) groups excluding carboxylic acids is 2. The lowest BCUT2D eigenvalue weighted by Gasteiger charge is -2.36. The van der Waals surface area contributed by atoms with E-state index < -0.39 is 16.1 Å². The number of hydrogen-bond acceptors (Lipinski definition) is 4. The molecule has 0 fully saturated rings. The van der Waals surface area contributed by atoms with E-state index in [1.165, 1.54) is 23.4 Å². The molecule has 0 radical (unpaired) electrons. The number of hydrogen-bond donors (Lipinski definition) is 2. The van der Waals surface area contributed by atoms with Gasteiger partial charge in [0.05, 0.1) is 10.9 Å². The predicted octanol–water partition coefficient (Wildman–Crippen LogP) is 2.85. The van der Waals surface area contributed by atoms with Gasteiger partial charge in [-0.25, -0.2) is 8.42 Å². The predicted molar refractivity (Wildman–Crippen MR) is 115 cm³/mol. The van der Waals surface area contributed by atoms with E-state index in [1.807, 2.05) is 31.2 Å². The molecule has 1 aliphatic heterocycles. The van der Waals surface area contributed by atoms with Crippen molar-refractivity contribution < 1.29 is 18.0 Å². The number of anilines is 1. The summed E-state index contributed by atoms with van der Waals surface area (Å²) in [6.45, 7) is 4.23. The van der Waals surface area contributed by atoms with Crippen LogP contribution in [0.5, 0.6) is 0 Å². The highest BCUT2D eigenvalue weighted by Gasteiger charge is 2.37. The van der Waals surface area contributed by atoms with E-state index in [0.29, 0.717) is 25.2 Å². The van der Waals surface area contributed by atoms with E-state index in [-0.39, 0.29) is 23.1 Å². The number of nitrogens with zero attached hydrogens (tertiary/aromatic N) is 1. The molecule has 1 heterocycles. The van der Waals surface area contributed by atoms with Crippen molar-refractivity contribution in [2.45, 2.75) is 44.0 Å². The van der Waals surface area contributed by atoms with Crippen LogP contribution in [-0.2, 0) is 26.0 Å². The summed E-state index contributed by atoms with van der Waals surface area (Å²) in [5, 5.41) is 5.48. The Kier molecular flexibility index (Phi) is 6.89. The average Bonchev–Trinajstić information content (AvgIpc) is 2.72. The molecule has 2 N–H and O–H groups in total. The zero-order valence-corrected chi connectivity index (χ0v) is 18.0. The van der Waals surface area contributed by atoms with Crippen molar-refractivity contribution in [2.24, 2.45) is 0 Å². The van der Waals surface area contributed by atoms with Gasteiger partial charge < -0.3 is 10.6 Å². The maximum absolute atomic E-state index is 13.4. The van der Waals surface area contributed by atoms with Gasteiger partial charge in [0.25, 0.3) is 0 Å². The molecule has 1 atom stereocenters. The molecule has 0 saturated carbocycles. The first-order valence-corrected chi connectivity index (χ1v) is 11.5. The van der Waals surface area contributed by atoms with Gasteiger partial charge in [-0.15, -0.1) is 0 Å². The van der Waals surface area contributed by atoms with E-state index in [2.05, 4.69) is 10.6 Å². The summed E-state index contributed by atoms with van der Waals surface area (Å²) in [5.74, 6) is -0.392. The van der Waals surface area contributed by atoms with Crippen molar-refractivity contribution in [3.8, 4) is 0 Å². The Morgan fingerprint density at radius 2 is 1.80 bits per heavy atom. The zero-order chi connectivity index (χ0) is 21.7. The average molecular weight is 430 g/mol. The van der Waals surface area contributed by atoms with Gasteiger partial charge in [0.1, 0.15) is 0 Å². The summed E-state index contributed by atoms with van der Waals surface area (Å²) in [5.41, 5.74) is 2.47. The van der Waals surface area contributed by atoms with Crippen LogP contribution in [0.25, 0.3) is 0 Å². The van der Waals surface area contributed by atoms with Crippen molar-refractivity contribution >= 4 is 27.5 Å². The van der Waals surface area contributed by atoms with Crippen LogP contribution in [-0.4, -0.2) is 37.6 Å². The summed E-state index contributed by atoms with van der Waals surface area (Å²) in [4.78, 5) is 23.8. The second-order valence-corrected chi connectivity index (χ2v) is 9.23. The fraction of sp³-hybridized carbons (Fsp3) is 0.364. The van der Waals surface area contributed by atoms with Crippen molar-refractivity contribution in [3.63, 3.8) is 0 Å². The molecule has 7 nitrogen and oxygen atoms in total. The van der Waals surface area contributed by atoms with Gasteiger partial charge in [0.2, 0.25) is 21.8 Å². The Bertz CT molecular complexity index is 1020. The Balaban J connectivity index is 1.92. The second-order valence-electron chi connectivity index (χ2n) is 7.34. The highest BCUT2D eigenvalue weighted by atomic mass is 32.2. The fourth-order valence-corrected chi connectivity index (χ4v) is 5.29. The summed E-state index contributed by atoms with van der Waals surface area (Å²) in [6, 6.07) is 13.2. The minimum atomic E-state index is -3.82. The molecular formula is C22H27N3O4S. The number of nitrogens with one attached hydrogen (secondary N) is 2. The van der Waals surface area contributed by atoms with Crippen molar-refractivity contribution in [3.05, 3.63) is 59.7 Å². The largest absolute Gasteiger partial charge is 0.356 e. The molecule has 0 aromatic heterocycles. The Morgan fingerprint density at radius 3 is 2.47 bits per heavy atom. The van der Waals surface area contributed by atoms with Crippen LogP contribution < -0.4 is 10.6 Å². The Labute approximate surface area is 177 Å². The number of amides is 2. The second kappa shape index (κ2) is 9.40. The standard InChI is InChI=1S/C22H27N3O4S/c1-3-13-23-22(27)15-21-20-7-5-4-6-17(20)12-14-25(21)30(28,29)19-10-8-18(9-11-19)24-16(2)26/h4-11,21H,3,12-15H2,1-2H3,(H,23,27)(H,24,26)/t21-/m0/s1. The number of carbonyl (C=O) groups is 2. The van der Waals surface area contributed by atoms with Crippen LogP contribution >= 0.6 is 0 Å². The maximum Gasteiger partial charge on any atom is 0.243 e. The minimum Gasteiger partial charge on any atom is -0.356 e. The molecular weight excluding hydrogens is 402 g/mol. The number of sulfonamides is 1. The van der Waals surface area contributed by atoms with Gasteiger partial charge >= 0.3 is 0 Å². The fourth-order valence-electron chi connectivity index (χ4n) is 3.69. The summed E-state index contributed by atoms with van der Waals surface area (Å²) >= 11 is 0. The Morgan fingerprint density at radius 1 is 1.10 bits per heavy atom. The smallest absolute Gasteiger partial charge is 0.243 e. The normalized spacial score (nSPS) is 16.5. The summed E-state index contributed by atoms with van der Waals surface area (Å²) < 4.78 is 28.3. The van der Waals surface area contributed by atoms with E-state index >= 15 is 0 Å². The molecule has 0 aliphatic carbocycles. The summed E-state index contributed by atoms with van der Waals surface area (Å²) in [6.07, 6.45) is 1.47. The molecule has 2 amide bonds. The maximum atomic E-state index is 13.4. The van der Waals surface area contributed by atoms with Gasteiger partial charge in [0, 0.05) is 32.1 Å². The van der Waals surface area contributed by atoms with Gasteiger partial charge in [-0.05, 0) is 48.2 Å².